The Morgan fingerprint density at radius 2 is 1.94 bits per heavy atom. The van der Waals surface area contributed by atoms with Crippen LogP contribution in [0, 0.1) is 0 Å². The van der Waals surface area contributed by atoms with E-state index in [0.717, 1.165) is 10.0 Å². The highest BCUT2D eigenvalue weighted by atomic mass is 79.9. The molecule has 0 spiro atoms. The minimum absolute atomic E-state index is 0.0857. The molecule has 0 N–H and O–H groups in total. The number of hydrogen-bond donors (Lipinski definition) is 0. The molecule has 1 aliphatic heterocycles. The first kappa shape index (κ1) is 10.3. The van der Waals surface area contributed by atoms with E-state index in [1.807, 2.05) is 19.1 Å². The van der Waals surface area contributed by atoms with Gasteiger partial charge in [-0.15, -0.1) is 0 Å². The minimum Gasteiger partial charge on any atom is -0.320 e. The Labute approximate surface area is 103 Å². The fourth-order valence-electron chi connectivity index (χ4n) is 1.93. The normalized spacial score (nSPS) is 24.4. The highest BCUT2D eigenvalue weighted by Gasteiger charge is 2.28. The summed E-state index contributed by atoms with van der Waals surface area (Å²) in [5.74, 6) is 0. The topological polar surface area (TPSA) is 18.5 Å². The van der Waals surface area contributed by atoms with Crippen LogP contribution < -0.4 is 0 Å². The van der Waals surface area contributed by atoms with Crippen LogP contribution in [0.3, 0.4) is 0 Å². The van der Waals surface area contributed by atoms with Crippen LogP contribution in [0.5, 0.6) is 0 Å². The zero-order valence-electron chi connectivity index (χ0n) is 8.81. The van der Waals surface area contributed by atoms with Crippen LogP contribution in [0.4, 0.5) is 0 Å². The summed E-state index contributed by atoms with van der Waals surface area (Å²) in [6, 6.07) is 12.4. The second kappa shape index (κ2) is 3.84. The van der Waals surface area contributed by atoms with E-state index in [1.54, 1.807) is 0 Å². The van der Waals surface area contributed by atoms with Gasteiger partial charge in [-0.1, -0.05) is 40.2 Å². The van der Waals surface area contributed by atoms with Gasteiger partial charge in [-0.2, -0.15) is 0 Å². The highest BCUT2D eigenvalue weighted by molar-refractivity contribution is 9.10. The van der Waals surface area contributed by atoms with Gasteiger partial charge in [-0.25, -0.2) is 0 Å². The predicted octanol–water partition coefficient (Wildman–Crippen LogP) is 3.95. The van der Waals surface area contributed by atoms with E-state index in [9.17, 15) is 0 Å². The van der Waals surface area contributed by atoms with E-state index in [0.29, 0.717) is 0 Å². The first-order valence-electron chi connectivity index (χ1n) is 5.23. The molecule has 3 aliphatic rings. The highest BCUT2D eigenvalue weighted by Crippen LogP contribution is 2.36. The van der Waals surface area contributed by atoms with Crippen LogP contribution in [0.1, 0.15) is 18.8 Å². The Balaban J connectivity index is 2.00. The third kappa shape index (κ3) is 1.65. The third-order valence-electron chi connectivity index (χ3n) is 2.75. The van der Waals surface area contributed by atoms with E-state index in [2.05, 4.69) is 40.2 Å². The molecular formula is C13H11BrO2. The van der Waals surface area contributed by atoms with Crippen molar-refractivity contribution in [3.63, 3.8) is 0 Å². The lowest BCUT2D eigenvalue weighted by Crippen LogP contribution is -2.31. The Morgan fingerprint density at radius 3 is 2.69 bits per heavy atom. The first-order valence-corrected chi connectivity index (χ1v) is 6.02. The average Bonchev–Trinajstić information content (AvgIpc) is 2.48. The average molecular weight is 279 g/mol. The number of rotatable bonds is 1. The largest absolute Gasteiger partial charge is 0.320 e. The molecule has 3 rings (SSSR count). The quantitative estimate of drug-likeness (QED) is 0.787. The molecule has 1 heterocycles. The zero-order chi connectivity index (χ0) is 11.1. The zero-order valence-corrected chi connectivity index (χ0v) is 10.4. The molecule has 0 atom stereocenters. The molecule has 0 aromatic carbocycles. The standard InChI is InChI=1S/C13H11BrO2/c1-8-15-13(16-8)10-3-2-4-11-9(7-10)5-6-12(11)14/h2-8,13H,1H3. The van der Waals surface area contributed by atoms with Crippen LogP contribution in [0.25, 0.3) is 11.1 Å². The molecule has 0 unspecified atom stereocenters. The molecule has 2 nitrogen and oxygen atoms in total. The summed E-state index contributed by atoms with van der Waals surface area (Å²) in [5, 5.41) is 0. The van der Waals surface area contributed by atoms with Crippen molar-refractivity contribution in [2.45, 2.75) is 19.5 Å². The summed E-state index contributed by atoms with van der Waals surface area (Å²) in [5.41, 5.74) is 3.46. The second-order valence-corrected chi connectivity index (χ2v) is 4.75. The maximum Gasteiger partial charge on any atom is 0.189 e. The molecule has 3 heteroatoms. The maximum absolute atomic E-state index is 5.49. The van der Waals surface area contributed by atoms with E-state index >= 15 is 0 Å². The first-order chi connectivity index (χ1) is 7.74. The van der Waals surface area contributed by atoms with Gasteiger partial charge in [-0.3, -0.25) is 0 Å². The van der Waals surface area contributed by atoms with Crippen molar-refractivity contribution in [2.75, 3.05) is 0 Å². The maximum atomic E-state index is 5.49. The van der Waals surface area contributed by atoms with E-state index in [-0.39, 0.29) is 12.6 Å². The van der Waals surface area contributed by atoms with Crippen molar-refractivity contribution in [3.8, 4) is 11.1 Å². The van der Waals surface area contributed by atoms with E-state index in [1.165, 1.54) is 11.1 Å². The molecule has 2 aliphatic carbocycles. The Bertz CT molecular complexity index is 492. The molecule has 0 saturated carbocycles. The number of hydrogen-bond acceptors (Lipinski definition) is 2. The van der Waals surface area contributed by atoms with Crippen molar-refractivity contribution in [1.29, 1.82) is 0 Å². The lowest BCUT2D eigenvalue weighted by Gasteiger charge is -2.33. The number of ether oxygens (including phenoxy) is 2. The van der Waals surface area contributed by atoms with Crippen molar-refractivity contribution < 1.29 is 9.47 Å². The van der Waals surface area contributed by atoms with Crippen LogP contribution in [0.15, 0.2) is 40.9 Å². The molecule has 1 saturated heterocycles. The summed E-state index contributed by atoms with van der Waals surface area (Å²) in [7, 11) is 0. The van der Waals surface area contributed by atoms with Crippen molar-refractivity contribution >= 4 is 15.9 Å². The van der Waals surface area contributed by atoms with Crippen LogP contribution >= 0.6 is 15.9 Å². The fraction of sp³-hybridized carbons (Fsp3) is 0.231. The van der Waals surface area contributed by atoms with Gasteiger partial charge in [-0.05, 0) is 30.2 Å². The van der Waals surface area contributed by atoms with Gasteiger partial charge in [0.2, 0.25) is 0 Å². The summed E-state index contributed by atoms with van der Waals surface area (Å²) >= 11 is 3.53. The minimum atomic E-state index is -0.209. The third-order valence-corrected chi connectivity index (χ3v) is 3.45. The monoisotopic (exact) mass is 278 g/mol. The predicted molar refractivity (Wildman–Crippen MR) is 65.1 cm³/mol. The van der Waals surface area contributed by atoms with Gasteiger partial charge in [0.15, 0.2) is 12.6 Å². The van der Waals surface area contributed by atoms with Crippen molar-refractivity contribution in [3.05, 3.63) is 46.4 Å². The second-order valence-electron chi connectivity index (χ2n) is 3.89. The summed E-state index contributed by atoms with van der Waals surface area (Å²) in [6.45, 7) is 1.90. The molecule has 1 fully saturated rings. The number of fused-ring (bicyclic) bond motifs is 1. The molecular weight excluding hydrogens is 268 g/mol. The fourth-order valence-corrected chi connectivity index (χ4v) is 2.42. The van der Waals surface area contributed by atoms with Gasteiger partial charge in [0.25, 0.3) is 0 Å². The van der Waals surface area contributed by atoms with E-state index in [4.69, 9.17) is 9.47 Å². The Hall–Kier alpha value is -0.900. The van der Waals surface area contributed by atoms with Crippen molar-refractivity contribution in [2.24, 2.45) is 0 Å². The Morgan fingerprint density at radius 1 is 1.12 bits per heavy atom. The van der Waals surface area contributed by atoms with Crippen LogP contribution in [0.2, 0.25) is 0 Å². The van der Waals surface area contributed by atoms with E-state index < -0.39 is 0 Å². The van der Waals surface area contributed by atoms with Crippen molar-refractivity contribution in [1.82, 2.24) is 0 Å². The summed E-state index contributed by atoms with van der Waals surface area (Å²) in [4.78, 5) is 0. The number of halogens is 1. The lowest BCUT2D eigenvalue weighted by atomic mass is 10.1. The lowest BCUT2D eigenvalue weighted by molar-refractivity contribution is -0.382. The van der Waals surface area contributed by atoms with Crippen LogP contribution in [-0.2, 0) is 9.47 Å². The molecule has 0 amide bonds. The van der Waals surface area contributed by atoms with Gasteiger partial charge in [0.05, 0.1) is 0 Å². The summed E-state index contributed by atoms with van der Waals surface area (Å²) in [6.07, 6.45) is -0.295. The SMILES string of the molecule is CC1OC(c2cccc3c(Br)ccc-3c2)O1. The Kier molecular flexibility index (Phi) is 2.46. The molecule has 0 radical (unpaired) electrons. The van der Waals surface area contributed by atoms with Gasteiger partial charge in [0.1, 0.15) is 0 Å². The van der Waals surface area contributed by atoms with Gasteiger partial charge < -0.3 is 9.47 Å². The van der Waals surface area contributed by atoms with Gasteiger partial charge in [0, 0.05) is 10.0 Å². The smallest absolute Gasteiger partial charge is 0.189 e. The molecule has 0 aromatic heterocycles. The molecule has 0 bridgehead atoms. The molecule has 82 valence electrons. The van der Waals surface area contributed by atoms with Crippen LogP contribution in [-0.4, -0.2) is 6.29 Å². The van der Waals surface area contributed by atoms with Gasteiger partial charge >= 0.3 is 0 Å². The molecule has 16 heavy (non-hydrogen) atoms. The molecule has 0 aromatic rings. The summed E-state index contributed by atoms with van der Waals surface area (Å²) < 4.78 is 12.1.